The zero-order valence-corrected chi connectivity index (χ0v) is 10.1. The minimum Gasteiger partial charge on any atom is -0.388 e. The molecule has 1 rings (SSSR count). The minimum atomic E-state index is -0.773. The highest BCUT2D eigenvalue weighted by atomic mass is 16.3. The van der Waals surface area contributed by atoms with E-state index < -0.39 is 5.60 Å². The van der Waals surface area contributed by atoms with Crippen molar-refractivity contribution in [2.45, 2.75) is 51.2 Å². The second-order valence-corrected chi connectivity index (χ2v) is 4.40. The summed E-state index contributed by atoms with van der Waals surface area (Å²) in [5, 5.41) is 15.6. The van der Waals surface area contributed by atoms with Gasteiger partial charge in [0.05, 0.1) is 5.60 Å². The number of urea groups is 1. The van der Waals surface area contributed by atoms with Gasteiger partial charge in [-0.2, -0.15) is 0 Å². The van der Waals surface area contributed by atoms with Gasteiger partial charge >= 0.3 is 6.03 Å². The first-order valence-corrected chi connectivity index (χ1v) is 6.01. The van der Waals surface area contributed by atoms with E-state index in [0.717, 1.165) is 12.8 Å². The molecule has 0 aromatic rings. The number of aliphatic hydroxyl groups is 1. The molecule has 0 saturated carbocycles. The van der Waals surface area contributed by atoms with Gasteiger partial charge in [-0.25, -0.2) is 4.79 Å². The van der Waals surface area contributed by atoms with Crippen LogP contribution in [0, 0.1) is 0 Å². The van der Waals surface area contributed by atoms with Gasteiger partial charge in [0.1, 0.15) is 0 Å². The molecule has 16 heavy (non-hydrogen) atoms. The molecule has 92 valence electrons. The van der Waals surface area contributed by atoms with Crippen molar-refractivity contribution in [2.75, 3.05) is 6.54 Å². The highest BCUT2D eigenvalue weighted by molar-refractivity contribution is 5.74. The summed E-state index contributed by atoms with van der Waals surface area (Å²) in [6.07, 6.45) is 7.24. The summed E-state index contributed by atoms with van der Waals surface area (Å²) in [5.74, 6) is 0. The van der Waals surface area contributed by atoms with E-state index in [1.807, 2.05) is 13.8 Å². The number of hydrogen-bond acceptors (Lipinski definition) is 2. The van der Waals surface area contributed by atoms with Gasteiger partial charge in [0.25, 0.3) is 0 Å². The van der Waals surface area contributed by atoms with Crippen molar-refractivity contribution in [1.82, 2.24) is 10.6 Å². The van der Waals surface area contributed by atoms with Crippen LogP contribution in [0.15, 0.2) is 12.2 Å². The van der Waals surface area contributed by atoms with Crippen LogP contribution in [0.25, 0.3) is 0 Å². The van der Waals surface area contributed by atoms with Gasteiger partial charge < -0.3 is 15.7 Å². The molecular weight excluding hydrogens is 204 g/mol. The summed E-state index contributed by atoms with van der Waals surface area (Å²) < 4.78 is 0. The van der Waals surface area contributed by atoms with Crippen molar-refractivity contribution in [3.8, 4) is 0 Å². The molecule has 0 unspecified atom stereocenters. The topological polar surface area (TPSA) is 61.4 Å². The summed E-state index contributed by atoms with van der Waals surface area (Å²) in [6.45, 7) is 4.15. The molecule has 4 heteroatoms. The predicted octanol–water partition coefficient (Wildman–Crippen LogP) is 1.56. The smallest absolute Gasteiger partial charge is 0.315 e. The van der Waals surface area contributed by atoms with Crippen molar-refractivity contribution < 1.29 is 9.90 Å². The Bertz CT molecular complexity index is 252. The normalized spacial score (nSPS) is 16.4. The largest absolute Gasteiger partial charge is 0.388 e. The molecule has 1 aliphatic carbocycles. The van der Waals surface area contributed by atoms with Gasteiger partial charge in [0.2, 0.25) is 0 Å². The Kier molecular flexibility index (Phi) is 4.80. The fourth-order valence-electron chi connectivity index (χ4n) is 1.72. The van der Waals surface area contributed by atoms with Gasteiger partial charge in [-0.1, -0.05) is 26.0 Å². The van der Waals surface area contributed by atoms with Gasteiger partial charge in [-0.3, -0.25) is 0 Å². The molecular formula is C12H22N2O2. The molecule has 0 aliphatic heterocycles. The molecule has 0 radical (unpaired) electrons. The van der Waals surface area contributed by atoms with Crippen LogP contribution in [-0.4, -0.2) is 29.3 Å². The lowest BCUT2D eigenvalue weighted by atomic mass is 9.98. The molecule has 0 saturated heterocycles. The van der Waals surface area contributed by atoms with E-state index in [-0.39, 0.29) is 12.1 Å². The third-order valence-electron chi connectivity index (χ3n) is 3.24. The Hall–Kier alpha value is -1.03. The number of nitrogens with one attached hydrogen (secondary N) is 2. The first-order chi connectivity index (χ1) is 7.59. The lowest BCUT2D eigenvalue weighted by Crippen LogP contribution is -2.48. The van der Waals surface area contributed by atoms with Crippen LogP contribution in [-0.2, 0) is 0 Å². The molecule has 0 heterocycles. The van der Waals surface area contributed by atoms with E-state index in [0.29, 0.717) is 19.4 Å². The second-order valence-electron chi connectivity index (χ2n) is 4.40. The second kappa shape index (κ2) is 5.89. The van der Waals surface area contributed by atoms with Gasteiger partial charge in [-0.05, 0) is 25.7 Å². The van der Waals surface area contributed by atoms with E-state index in [4.69, 9.17) is 0 Å². The number of rotatable bonds is 5. The third-order valence-corrected chi connectivity index (χ3v) is 3.24. The Morgan fingerprint density at radius 2 is 1.94 bits per heavy atom. The lowest BCUT2D eigenvalue weighted by Gasteiger charge is -2.25. The summed E-state index contributed by atoms with van der Waals surface area (Å²) in [4.78, 5) is 11.5. The van der Waals surface area contributed by atoms with E-state index in [2.05, 4.69) is 22.8 Å². The summed E-state index contributed by atoms with van der Waals surface area (Å²) in [5.41, 5.74) is -0.773. The Labute approximate surface area is 97.1 Å². The van der Waals surface area contributed by atoms with Crippen LogP contribution >= 0.6 is 0 Å². The molecule has 1 aliphatic rings. The zero-order valence-electron chi connectivity index (χ0n) is 10.1. The highest BCUT2D eigenvalue weighted by Gasteiger charge is 2.23. The van der Waals surface area contributed by atoms with Gasteiger partial charge in [0.15, 0.2) is 0 Å². The van der Waals surface area contributed by atoms with Crippen molar-refractivity contribution in [3.63, 3.8) is 0 Å². The maximum Gasteiger partial charge on any atom is 0.315 e. The monoisotopic (exact) mass is 226 g/mol. The van der Waals surface area contributed by atoms with Crippen LogP contribution in [0.1, 0.15) is 39.5 Å². The van der Waals surface area contributed by atoms with Gasteiger partial charge in [0, 0.05) is 12.6 Å². The highest BCUT2D eigenvalue weighted by Crippen LogP contribution is 2.13. The summed E-state index contributed by atoms with van der Waals surface area (Å²) in [6, 6.07) is 0.0328. The molecule has 2 amide bonds. The van der Waals surface area contributed by atoms with Gasteiger partial charge in [-0.15, -0.1) is 0 Å². The standard InChI is InChI=1S/C12H22N2O2/c1-3-12(16,4-2)9-13-11(15)14-10-7-5-6-8-10/h5-6,10,16H,3-4,7-9H2,1-2H3,(H2,13,14,15). The van der Waals surface area contributed by atoms with Crippen LogP contribution in [0.4, 0.5) is 4.79 Å². The van der Waals surface area contributed by atoms with Crippen LogP contribution in [0.3, 0.4) is 0 Å². The van der Waals surface area contributed by atoms with Crippen molar-refractivity contribution >= 4 is 6.03 Å². The molecule has 0 spiro atoms. The predicted molar refractivity (Wildman–Crippen MR) is 64.2 cm³/mol. The minimum absolute atomic E-state index is 0.186. The first kappa shape index (κ1) is 13.0. The maximum absolute atomic E-state index is 11.5. The van der Waals surface area contributed by atoms with E-state index >= 15 is 0 Å². The molecule has 0 fully saturated rings. The molecule has 0 atom stereocenters. The fourth-order valence-corrected chi connectivity index (χ4v) is 1.72. The Balaban J connectivity index is 2.23. The molecule has 0 bridgehead atoms. The molecule has 3 N–H and O–H groups in total. The molecule has 0 aromatic heterocycles. The Morgan fingerprint density at radius 1 is 1.38 bits per heavy atom. The zero-order chi connectivity index (χ0) is 12.0. The number of carbonyl (C=O) groups excluding carboxylic acids is 1. The molecule has 4 nitrogen and oxygen atoms in total. The van der Waals surface area contributed by atoms with Crippen molar-refractivity contribution in [3.05, 3.63) is 12.2 Å². The van der Waals surface area contributed by atoms with Crippen molar-refractivity contribution in [1.29, 1.82) is 0 Å². The average Bonchev–Trinajstić information content (AvgIpc) is 2.79. The SMILES string of the molecule is CCC(O)(CC)CNC(=O)NC1CC=CC1. The third kappa shape index (κ3) is 3.85. The quantitative estimate of drug-likeness (QED) is 0.623. The number of amides is 2. The molecule has 0 aromatic carbocycles. The van der Waals surface area contributed by atoms with Crippen molar-refractivity contribution in [2.24, 2.45) is 0 Å². The van der Waals surface area contributed by atoms with Crippen LogP contribution in [0.2, 0.25) is 0 Å². The fraction of sp³-hybridized carbons (Fsp3) is 0.750. The van der Waals surface area contributed by atoms with Crippen LogP contribution in [0.5, 0.6) is 0 Å². The average molecular weight is 226 g/mol. The van der Waals surface area contributed by atoms with E-state index in [1.165, 1.54) is 0 Å². The Morgan fingerprint density at radius 3 is 2.44 bits per heavy atom. The van der Waals surface area contributed by atoms with Crippen LogP contribution < -0.4 is 10.6 Å². The lowest BCUT2D eigenvalue weighted by molar-refractivity contribution is 0.0349. The van der Waals surface area contributed by atoms with E-state index in [1.54, 1.807) is 0 Å². The number of carbonyl (C=O) groups is 1. The number of hydrogen-bond donors (Lipinski definition) is 3. The maximum atomic E-state index is 11.5. The van der Waals surface area contributed by atoms with E-state index in [9.17, 15) is 9.90 Å². The summed E-state index contributed by atoms with van der Waals surface area (Å²) in [7, 11) is 0. The summed E-state index contributed by atoms with van der Waals surface area (Å²) >= 11 is 0. The first-order valence-electron chi connectivity index (χ1n) is 6.01.